The zero-order valence-corrected chi connectivity index (χ0v) is 10.7. The number of carboxylic acid groups (broad SMARTS) is 1. The van der Waals surface area contributed by atoms with Crippen LogP contribution in [0.15, 0.2) is 15.9 Å². The molecule has 6 heteroatoms. The van der Waals surface area contributed by atoms with Crippen molar-refractivity contribution in [2.75, 3.05) is 0 Å². The van der Waals surface area contributed by atoms with Crippen molar-refractivity contribution in [2.24, 2.45) is 11.8 Å². The van der Waals surface area contributed by atoms with Gasteiger partial charge in [-0.2, -0.15) is 0 Å². The third-order valence-corrected chi connectivity index (χ3v) is 4.13. The largest absolute Gasteiger partial charge is 0.481 e. The van der Waals surface area contributed by atoms with Crippen LogP contribution in [0.25, 0.3) is 0 Å². The van der Waals surface area contributed by atoms with Crippen molar-refractivity contribution in [3.63, 3.8) is 0 Å². The lowest BCUT2D eigenvalue weighted by Crippen LogP contribution is -2.25. The van der Waals surface area contributed by atoms with E-state index >= 15 is 0 Å². The van der Waals surface area contributed by atoms with Crippen LogP contribution in [-0.2, 0) is 16.1 Å². The molecule has 2 N–H and O–H groups in total. The van der Waals surface area contributed by atoms with Gasteiger partial charge in [0.25, 0.3) is 0 Å². The van der Waals surface area contributed by atoms with E-state index in [1.165, 1.54) is 0 Å². The van der Waals surface area contributed by atoms with E-state index in [1.54, 1.807) is 11.3 Å². The van der Waals surface area contributed by atoms with Gasteiger partial charge in [0.1, 0.15) is 0 Å². The zero-order valence-electron chi connectivity index (χ0n) is 8.27. The molecule has 0 radical (unpaired) electrons. The Balaban J connectivity index is 1.79. The Labute approximate surface area is 105 Å². The predicted molar refractivity (Wildman–Crippen MR) is 63.1 cm³/mol. The van der Waals surface area contributed by atoms with Gasteiger partial charge in [-0.3, -0.25) is 9.59 Å². The normalized spacial score (nSPS) is 22.8. The molecule has 1 fully saturated rings. The highest BCUT2D eigenvalue weighted by Crippen LogP contribution is 2.38. The lowest BCUT2D eigenvalue weighted by molar-refractivity contribution is -0.140. The Morgan fingerprint density at radius 3 is 2.75 bits per heavy atom. The fraction of sp³-hybridized carbons (Fsp3) is 0.400. The van der Waals surface area contributed by atoms with Crippen molar-refractivity contribution in [1.29, 1.82) is 0 Å². The van der Waals surface area contributed by atoms with Crippen molar-refractivity contribution in [1.82, 2.24) is 5.32 Å². The molecule has 2 unspecified atom stereocenters. The average Bonchev–Trinajstić information content (AvgIpc) is 2.93. The maximum absolute atomic E-state index is 11.5. The minimum atomic E-state index is -0.876. The van der Waals surface area contributed by atoms with E-state index in [1.807, 2.05) is 12.1 Å². The summed E-state index contributed by atoms with van der Waals surface area (Å²) < 4.78 is 1.02. The summed E-state index contributed by atoms with van der Waals surface area (Å²) in [6.45, 7) is 0.470. The highest BCUT2D eigenvalue weighted by Gasteiger charge is 2.48. The van der Waals surface area contributed by atoms with Gasteiger partial charge in [-0.15, -0.1) is 11.3 Å². The molecule has 0 saturated heterocycles. The summed E-state index contributed by atoms with van der Waals surface area (Å²) in [5.41, 5.74) is 0. The molecule has 1 heterocycles. The molecule has 1 aromatic heterocycles. The standard InChI is InChI=1S/C10H10BrNO3S/c11-8-2-1-5(16-8)4-12-9(13)6-3-7(6)10(14)15/h1-2,6-7H,3-4H2,(H,12,13)(H,14,15). The van der Waals surface area contributed by atoms with Gasteiger partial charge in [0.15, 0.2) is 0 Å². The first kappa shape index (κ1) is 11.6. The van der Waals surface area contributed by atoms with Crippen molar-refractivity contribution in [3.05, 3.63) is 20.8 Å². The average molecular weight is 304 g/mol. The van der Waals surface area contributed by atoms with Crippen molar-refractivity contribution < 1.29 is 14.7 Å². The van der Waals surface area contributed by atoms with E-state index in [0.717, 1.165) is 8.66 Å². The molecule has 1 saturated carbocycles. The van der Waals surface area contributed by atoms with Crippen LogP contribution in [0.5, 0.6) is 0 Å². The molecule has 16 heavy (non-hydrogen) atoms. The maximum Gasteiger partial charge on any atom is 0.307 e. The number of hydrogen-bond acceptors (Lipinski definition) is 3. The Morgan fingerprint density at radius 2 is 2.25 bits per heavy atom. The van der Waals surface area contributed by atoms with Crippen molar-refractivity contribution in [2.45, 2.75) is 13.0 Å². The van der Waals surface area contributed by atoms with Crippen LogP contribution in [0.1, 0.15) is 11.3 Å². The molecule has 1 aromatic rings. The summed E-state index contributed by atoms with van der Waals surface area (Å²) in [6, 6.07) is 3.85. The molecule has 1 amide bonds. The number of rotatable bonds is 4. The molecule has 86 valence electrons. The lowest BCUT2D eigenvalue weighted by atomic mass is 10.3. The Kier molecular flexibility index (Phi) is 3.30. The number of aliphatic carboxylic acids is 1. The van der Waals surface area contributed by atoms with E-state index in [4.69, 9.17) is 5.11 Å². The summed E-state index contributed by atoms with van der Waals surface area (Å²) in [5.74, 6) is -1.84. The second-order valence-corrected chi connectivity index (χ2v) is 6.26. The van der Waals surface area contributed by atoms with Gasteiger partial charge in [-0.1, -0.05) is 0 Å². The van der Waals surface area contributed by atoms with E-state index in [0.29, 0.717) is 13.0 Å². The molecule has 0 aliphatic heterocycles. The number of thiophene rings is 1. The number of carbonyl (C=O) groups excluding carboxylic acids is 1. The molecule has 2 rings (SSSR count). The summed E-state index contributed by atoms with van der Waals surface area (Å²) in [7, 11) is 0. The number of nitrogens with one attached hydrogen (secondary N) is 1. The summed E-state index contributed by atoms with van der Waals surface area (Å²) in [5, 5.41) is 11.4. The van der Waals surface area contributed by atoms with Crippen LogP contribution < -0.4 is 5.32 Å². The molecule has 4 nitrogen and oxygen atoms in total. The quantitative estimate of drug-likeness (QED) is 0.892. The van der Waals surface area contributed by atoms with Gasteiger partial charge in [0.05, 0.1) is 22.2 Å². The molecule has 2 atom stereocenters. The predicted octanol–water partition coefficient (Wildman–Crippen LogP) is 1.85. The number of carbonyl (C=O) groups is 2. The number of hydrogen-bond donors (Lipinski definition) is 2. The zero-order chi connectivity index (χ0) is 11.7. The molecule has 1 aliphatic carbocycles. The monoisotopic (exact) mass is 303 g/mol. The first-order valence-electron chi connectivity index (χ1n) is 4.82. The third kappa shape index (κ3) is 2.62. The molecular formula is C10H10BrNO3S. The maximum atomic E-state index is 11.5. The smallest absolute Gasteiger partial charge is 0.307 e. The van der Waals surface area contributed by atoms with Crippen LogP contribution in [-0.4, -0.2) is 17.0 Å². The molecule has 0 bridgehead atoms. The van der Waals surface area contributed by atoms with Gasteiger partial charge in [0, 0.05) is 4.88 Å². The van der Waals surface area contributed by atoms with Gasteiger partial charge < -0.3 is 10.4 Å². The molecule has 0 spiro atoms. The summed E-state index contributed by atoms with van der Waals surface area (Å²) in [4.78, 5) is 23.1. The number of carboxylic acids is 1. The fourth-order valence-corrected chi connectivity index (χ4v) is 2.93. The number of amides is 1. The molecule has 0 aromatic carbocycles. The van der Waals surface area contributed by atoms with E-state index in [-0.39, 0.29) is 11.8 Å². The Hall–Kier alpha value is -0.880. The molecular weight excluding hydrogens is 294 g/mol. The third-order valence-electron chi connectivity index (χ3n) is 2.51. The summed E-state index contributed by atoms with van der Waals surface area (Å²) in [6.07, 6.45) is 0.468. The van der Waals surface area contributed by atoms with E-state index < -0.39 is 11.9 Å². The van der Waals surface area contributed by atoms with Gasteiger partial charge in [-0.05, 0) is 34.5 Å². The van der Waals surface area contributed by atoms with Crippen LogP contribution in [0.4, 0.5) is 0 Å². The first-order valence-corrected chi connectivity index (χ1v) is 6.43. The Bertz CT molecular complexity index is 431. The second kappa shape index (κ2) is 4.55. The molecule has 1 aliphatic rings. The highest BCUT2D eigenvalue weighted by molar-refractivity contribution is 9.11. The highest BCUT2D eigenvalue weighted by atomic mass is 79.9. The van der Waals surface area contributed by atoms with Crippen LogP contribution in [0.3, 0.4) is 0 Å². The fourth-order valence-electron chi connectivity index (χ4n) is 1.51. The summed E-state index contributed by atoms with van der Waals surface area (Å²) >= 11 is 4.89. The number of halogens is 1. The van der Waals surface area contributed by atoms with Gasteiger partial charge >= 0.3 is 5.97 Å². The minimum absolute atomic E-state index is 0.156. The van der Waals surface area contributed by atoms with E-state index in [2.05, 4.69) is 21.2 Å². The van der Waals surface area contributed by atoms with Crippen LogP contribution >= 0.6 is 27.3 Å². The van der Waals surface area contributed by atoms with Crippen LogP contribution in [0, 0.1) is 11.8 Å². The van der Waals surface area contributed by atoms with Crippen LogP contribution in [0.2, 0.25) is 0 Å². The van der Waals surface area contributed by atoms with Gasteiger partial charge in [-0.25, -0.2) is 0 Å². The second-order valence-electron chi connectivity index (χ2n) is 3.71. The SMILES string of the molecule is O=C(O)C1CC1C(=O)NCc1ccc(Br)s1. The van der Waals surface area contributed by atoms with E-state index in [9.17, 15) is 9.59 Å². The van der Waals surface area contributed by atoms with Gasteiger partial charge in [0.2, 0.25) is 5.91 Å². The first-order chi connectivity index (χ1) is 7.58. The van der Waals surface area contributed by atoms with Crippen molar-refractivity contribution in [3.8, 4) is 0 Å². The van der Waals surface area contributed by atoms with Crippen molar-refractivity contribution >= 4 is 39.1 Å². The Morgan fingerprint density at radius 1 is 1.50 bits per heavy atom. The topological polar surface area (TPSA) is 66.4 Å². The minimum Gasteiger partial charge on any atom is -0.481 e. The lowest BCUT2D eigenvalue weighted by Gasteiger charge is -2.01.